The van der Waals surface area contributed by atoms with Crippen LogP contribution in [0.25, 0.3) is 0 Å². The first-order valence-electron chi connectivity index (χ1n) is 0.786. The van der Waals surface area contributed by atoms with Crippen molar-refractivity contribution in [3.63, 3.8) is 0 Å². The Hall–Kier alpha value is 2.81. The second kappa shape index (κ2) is 40.9. The van der Waals surface area contributed by atoms with E-state index in [1.54, 1.807) is 0 Å². The van der Waals surface area contributed by atoms with Gasteiger partial charge in [0.1, 0.15) is 0 Å². The summed E-state index contributed by atoms with van der Waals surface area (Å²) >= 11 is 3.39. The van der Waals surface area contributed by atoms with Gasteiger partial charge in [0.25, 0.3) is 0 Å². The molecule has 0 saturated heterocycles. The Bertz CT molecular complexity index is 41.5. The summed E-state index contributed by atoms with van der Waals surface area (Å²) in [5, 5.41) is 15.3. The molecule has 0 bridgehead atoms. The van der Waals surface area contributed by atoms with Crippen LogP contribution in [0.2, 0.25) is 0 Å². The molecular weight excluding hydrogens is 216 g/mol. The van der Waals surface area contributed by atoms with Crippen molar-refractivity contribution in [2.45, 2.75) is 0 Å². The van der Waals surface area contributed by atoms with Gasteiger partial charge in [-0.2, -0.15) is 0 Å². The maximum atomic E-state index is 8.44. The van der Waals surface area contributed by atoms with Crippen molar-refractivity contribution in [2.24, 2.45) is 0 Å². The molecule has 0 fully saturated rings. The van der Waals surface area contributed by atoms with Crippen LogP contribution >= 0.6 is 11.9 Å². The molecule has 0 aromatic rings. The third-order valence-corrected chi connectivity index (χ3v) is 0. The van der Waals surface area contributed by atoms with Crippen molar-refractivity contribution in [3.05, 3.63) is 0 Å². The second-order valence-electron chi connectivity index (χ2n) is 0.266. The van der Waals surface area contributed by atoms with Crippen LogP contribution < -0.4 is 111 Å². The summed E-state index contributed by atoms with van der Waals surface area (Å²) < 4.78 is 7.72. The van der Waals surface area contributed by atoms with Crippen LogP contribution in [0.1, 0.15) is 0 Å². The monoisotopic (exact) mass is 216 g/mol. The van der Waals surface area contributed by atoms with Gasteiger partial charge in [-0.25, -0.2) is 11.9 Å². The SMILES string of the molecule is O=C([O-])O.[Cl-].[Na+].[Na+].[Na+].[O-]Cl. The molecule has 4 nitrogen and oxygen atoms in total. The molecular formula is CHCl2Na3O4. The molecule has 0 heterocycles. The van der Waals surface area contributed by atoms with E-state index >= 15 is 0 Å². The maximum absolute atomic E-state index is 8.44. The largest absolute Gasteiger partial charge is 1.00 e. The third kappa shape index (κ3) is 132. The molecule has 0 aromatic heterocycles. The first kappa shape index (κ1) is 38.5. The Labute approximate surface area is 136 Å². The average Bonchev–Trinajstić information content (AvgIpc) is 1.41. The van der Waals surface area contributed by atoms with Gasteiger partial charge in [-0.15, -0.1) is 0 Å². The van der Waals surface area contributed by atoms with Crippen molar-refractivity contribution in [1.82, 2.24) is 0 Å². The zero-order chi connectivity index (χ0) is 5.58. The van der Waals surface area contributed by atoms with Gasteiger partial charge >= 0.3 is 88.7 Å². The molecule has 1 N–H and O–H groups in total. The summed E-state index contributed by atoms with van der Waals surface area (Å²) in [4.78, 5) is 8.44. The normalized spacial score (nSPS) is 3.00. The molecule has 0 aliphatic carbocycles. The number of rotatable bonds is 0. The minimum absolute atomic E-state index is 0. The van der Waals surface area contributed by atoms with Crippen molar-refractivity contribution >= 4 is 18.0 Å². The molecule has 9 heteroatoms. The summed E-state index contributed by atoms with van der Waals surface area (Å²) in [6.07, 6.45) is -2.08. The van der Waals surface area contributed by atoms with E-state index in [1.807, 2.05) is 0 Å². The molecule has 0 amide bonds. The van der Waals surface area contributed by atoms with Gasteiger partial charge < -0.3 is 32.1 Å². The summed E-state index contributed by atoms with van der Waals surface area (Å²) in [6.45, 7) is 0. The van der Waals surface area contributed by atoms with Crippen LogP contribution in [-0.2, 0) is 0 Å². The third-order valence-electron chi connectivity index (χ3n) is 0. The van der Waals surface area contributed by atoms with Crippen molar-refractivity contribution in [2.75, 3.05) is 0 Å². The zero-order valence-corrected chi connectivity index (χ0v) is 13.4. The fourth-order valence-corrected chi connectivity index (χ4v) is 0. The Morgan fingerprint density at radius 1 is 1.20 bits per heavy atom. The van der Waals surface area contributed by atoms with E-state index in [4.69, 9.17) is 19.7 Å². The van der Waals surface area contributed by atoms with Gasteiger partial charge in [0.15, 0.2) is 0 Å². The quantitative estimate of drug-likeness (QED) is 0.408. The fraction of sp³-hybridized carbons (Fsp3) is 0. The van der Waals surface area contributed by atoms with Gasteiger partial charge in [0.2, 0.25) is 6.16 Å². The number of carboxylic acid groups (broad SMARTS) is 2. The first-order chi connectivity index (χ1) is 2.73. The number of hydrogen-bond acceptors (Lipinski definition) is 3. The number of halogens is 2. The zero-order valence-electron chi connectivity index (χ0n) is 5.93. The van der Waals surface area contributed by atoms with Crippen LogP contribution in [0, 0.1) is 0 Å². The molecule has 0 spiro atoms. The summed E-state index contributed by atoms with van der Waals surface area (Å²) in [5.41, 5.74) is 0. The van der Waals surface area contributed by atoms with Crippen LogP contribution in [0.5, 0.6) is 0 Å². The van der Waals surface area contributed by atoms with Gasteiger partial charge in [0.05, 0.1) is 0 Å². The van der Waals surface area contributed by atoms with E-state index in [2.05, 4.69) is 11.9 Å². The molecule has 0 saturated carbocycles. The molecule has 0 aliphatic rings. The Morgan fingerprint density at radius 3 is 1.20 bits per heavy atom. The predicted octanol–water partition coefficient (Wildman–Crippen LogP) is -13.6. The van der Waals surface area contributed by atoms with E-state index in [0.717, 1.165) is 0 Å². The number of hydrogen-bond donors (Lipinski definition) is 1. The molecule has 0 aromatic carbocycles. The van der Waals surface area contributed by atoms with Crippen LogP contribution in [0.3, 0.4) is 0 Å². The van der Waals surface area contributed by atoms with Crippen molar-refractivity contribution in [1.29, 1.82) is 0 Å². The van der Waals surface area contributed by atoms with Crippen LogP contribution in [0.4, 0.5) is 4.79 Å². The summed E-state index contributed by atoms with van der Waals surface area (Å²) in [5.74, 6) is 0. The number of carbonyl (C=O) groups is 1. The average molecular weight is 217 g/mol. The van der Waals surface area contributed by atoms with Gasteiger partial charge in [-0.05, 0) is 0 Å². The smallest absolute Gasteiger partial charge is 1.00 e. The van der Waals surface area contributed by atoms with E-state index in [1.165, 1.54) is 0 Å². The van der Waals surface area contributed by atoms with E-state index in [0.29, 0.717) is 0 Å². The molecule has 0 rings (SSSR count). The molecule has 10 heavy (non-hydrogen) atoms. The molecule has 0 unspecified atom stereocenters. The minimum atomic E-state index is -2.08. The molecule has 46 valence electrons. The minimum Gasteiger partial charge on any atom is -1.00 e. The first-order valence-corrected chi connectivity index (χ1v) is 1.09. The van der Waals surface area contributed by atoms with E-state index < -0.39 is 6.16 Å². The van der Waals surface area contributed by atoms with E-state index in [-0.39, 0.29) is 101 Å². The molecule has 0 radical (unpaired) electrons. The molecule has 0 aliphatic heterocycles. The Morgan fingerprint density at radius 2 is 1.20 bits per heavy atom. The fourth-order valence-electron chi connectivity index (χ4n) is 0. The maximum Gasteiger partial charge on any atom is 1.00 e. The standard InChI is InChI=1S/CH2O3.ClO.ClH.3Na/c2-1(3)4;1-2;;;;/h(H2,2,3,4);;1H;;;/q;-1;;3*+1/p-2. The Balaban J connectivity index is -0.00000000625. The van der Waals surface area contributed by atoms with Crippen molar-refractivity contribution < 1.29 is 121 Å². The van der Waals surface area contributed by atoms with Crippen LogP contribution in [-0.4, -0.2) is 11.3 Å². The van der Waals surface area contributed by atoms with Gasteiger partial charge in [-0.3, -0.25) is 0 Å². The second-order valence-corrected chi connectivity index (χ2v) is 0.266. The summed E-state index contributed by atoms with van der Waals surface area (Å²) in [6, 6.07) is 0. The van der Waals surface area contributed by atoms with Crippen molar-refractivity contribution in [3.8, 4) is 0 Å². The topological polar surface area (TPSA) is 83.4 Å². The van der Waals surface area contributed by atoms with Gasteiger partial charge in [0, 0.05) is 0 Å². The van der Waals surface area contributed by atoms with Crippen LogP contribution in [0.15, 0.2) is 0 Å². The summed E-state index contributed by atoms with van der Waals surface area (Å²) in [7, 11) is 0. The van der Waals surface area contributed by atoms with Gasteiger partial charge in [-0.1, -0.05) is 0 Å². The predicted molar refractivity (Wildman–Crippen MR) is 13.9 cm³/mol. The van der Waals surface area contributed by atoms with E-state index in [9.17, 15) is 0 Å². The molecule has 0 atom stereocenters. The Kier molecular flexibility index (Phi) is 158.